The summed E-state index contributed by atoms with van der Waals surface area (Å²) in [5.74, 6) is -6.45. The zero-order valence-corrected chi connectivity index (χ0v) is 8.76. The summed E-state index contributed by atoms with van der Waals surface area (Å²) in [4.78, 5) is 31.5. The van der Waals surface area contributed by atoms with Gasteiger partial charge in [0, 0.05) is 0 Å². The Balaban J connectivity index is 4.69. The topological polar surface area (TPSA) is 112 Å². The van der Waals surface area contributed by atoms with E-state index in [-0.39, 0.29) is 6.16 Å². The molecule has 0 aliphatic rings. The van der Waals surface area contributed by atoms with Gasteiger partial charge in [0.1, 0.15) is 5.92 Å². The highest BCUT2D eigenvalue weighted by atomic mass is 31.0. The lowest BCUT2D eigenvalue weighted by molar-refractivity contribution is -0.156. The highest BCUT2D eigenvalue weighted by molar-refractivity contribution is 7.16. The van der Waals surface area contributed by atoms with Gasteiger partial charge >= 0.3 is 17.9 Å². The van der Waals surface area contributed by atoms with Crippen LogP contribution in [0.15, 0.2) is 0 Å². The number of carboxylic acid groups (broad SMARTS) is 3. The predicted octanol–water partition coefficient (Wildman–Crippen LogP) is -0.530. The zero-order chi connectivity index (χ0) is 11.3. The van der Waals surface area contributed by atoms with Crippen LogP contribution in [-0.2, 0) is 14.4 Å². The van der Waals surface area contributed by atoms with E-state index < -0.39 is 36.2 Å². The van der Waals surface area contributed by atoms with Gasteiger partial charge in [-0.25, -0.2) is 0 Å². The molecule has 0 aromatic carbocycles. The number of carbonyl (C=O) groups is 3. The van der Waals surface area contributed by atoms with E-state index in [4.69, 9.17) is 15.3 Å². The lowest BCUT2D eigenvalue weighted by Gasteiger charge is -2.14. The van der Waals surface area contributed by atoms with Crippen LogP contribution in [0.1, 0.15) is 6.42 Å². The minimum atomic E-state index is -1.38. The first-order valence-corrected chi connectivity index (χ1v) is 4.86. The van der Waals surface area contributed by atoms with Gasteiger partial charge in [-0.1, -0.05) is 0 Å². The quantitative estimate of drug-likeness (QED) is 0.522. The molecule has 14 heavy (non-hydrogen) atoms. The zero-order valence-electron chi connectivity index (χ0n) is 7.34. The highest BCUT2D eigenvalue weighted by Crippen LogP contribution is 2.19. The molecule has 3 atom stereocenters. The second kappa shape index (κ2) is 5.54. The molecule has 0 rings (SSSR count). The number of hydrogen-bond acceptors (Lipinski definition) is 3. The smallest absolute Gasteiger partial charge is 0.311 e. The SMILES string of the molecule is O=C(O)CC(C(=O)O)C(C[PH3+])C(=O)O. The monoisotopic (exact) mass is 223 g/mol. The average molecular weight is 223 g/mol. The maximum atomic E-state index is 10.6. The van der Waals surface area contributed by atoms with Crippen molar-refractivity contribution in [3.8, 4) is 0 Å². The molecule has 80 valence electrons. The van der Waals surface area contributed by atoms with Crippen LogP contribution in [0.2, 0.25) is 0 Å². The van der Waals surface area contributed by atoms with Crippen molar-refractivity contribution in [2.75, 3.05) is 6.16 Å². The molecule has 3 unspecified atom stereocenters. The van der Waals surface area contributed by atoms with Crippen molar-refractivity contribution in [2.24, 2.45) is 11.8 Å². The van der Waals surface area contributed by atoms with Crippen LogP contribution in [0.5, 0.6) is 0 Å². The summed E-state index contributed by atoms with van der Waals surface area (Å²) in [6.07, 6.45) is -0.537. The van der Waals surface area contributed by atoms with Gasteiger partial charge in [0.2, 0.25) is 0 Å². The van der Waals surface area contributed by atoms with Crippen LogP contribution in [0.3, 0.4) is 0 Å². The van der Waals surface area contributed by atoms with E-state index in [1.807, 2.05) is 0 Å². The van der Waals surface area contributed by atoms with Gasteiger partial charge in [0.15, 0.2) is 0 Å². The second-order valence-corrected chi connectivity index (χ2v) is 3.35. The lowest BCUT2D eigenvalue weighted by Crippen LogP contribution is -2.32. The van der Waals surface area contributed by atoms with E-state index in [1.54, 1.807) is 0 Å². The summed E-state index contributed by atoms with van der Waals surface area (Å²) >= 11 is 0. The summed E-state index contributed by atoms with van der Waals surface area (Å²) in [5, 5.41) is 25.7. The molecule has 0 heterocycles. The fourth-order valence-corrected chi connectivity index (χ4v) is 1.74. The lowest BCUT2D eigenvalue weighted by atomic mass is 9.91. The molecule has 0 radical (unpaired) electrons. The summed E-state index contributed by atoms with van der Waals surface area (Å²) in [5.41, 5.74) is 0. The van der Waals surface area contributed by atoms with Gasteiger partial charge in [-0.05, 0) is 9.24 Å². The Morgan fingerprint density at radius 3 is 1.64 bits per heavy atom. The molecule has 0 aliphatic carbocycles. The van der Waals surface area contributed by atoms with Gasteiger partial charge in [-0.15, -0.1) is 0 Å². The Bertz CT molecular complexity index is 251. The molecule has 0 aliphatic heterocycles. The van der Waals surface area contributed by atoms with Crippen LogP contribution in [0, 0.1) is 11.8 Å². The number of rotatable bonds is 6. The van der Waals surface area contributed by atoms with Gasteiger partial charge in [0.05, 0.1) is 18.5 Å². The first kappa shape index (κ1) is 12.8. The summed E-state index contributed by atoms with van der Waals surface area (Å²) in [7, 11) is 1.31. The van der Waals surface area contributed by atoms with E-state index in [9.17, 15) is 14.4 Å². The minimum absolute atomic E-state index is 0.125. The predicted molar refractivity (Wildman–Crippen MR) is 50.5 cm³/mol. The number of carboxylic acids is 3. The Labute approximate surface area is 82.1 Å². The average Bonchev–Trinajstić information content (AvgIpc) is 2.02. The van der Waals surface area contributed by atoms with Crippen LogP contribution in [-0.4, -0.2) is 39.4 Å². The summed E-state index contributed by atoms with van der Waals surface area (Å²) < 4.78 is 0. The molecule has 0 saturated carbocycles. The van der Waals surface area contributed by atoms with Crippen molar-refractivity contribution >= 4 is 27.1 Å². The Morgan fingerprint density at radius 1 is 1.00 bits per heavy atom. The van der Waals surface area contributed by atoms with Crippen LogP contribution in [0.4, 0.5) is 0 Å². The Kier molecular flexibility index (Phi) is 5.09. The fourth-order valence-electron chi connectivity index (χ4n) is 1.09. The van der Waals surface area contributed by atoms with E-state index >= 15 is 0 Å². The normalized spacial score (nSPS) is 14.6. The second-order valence-electron chi connectivity index (χ2n) is 2.78. The molecule has 3 N–H and O–H groups in total. The molecule has 0 amide bonds. The third kappa shape index (κ3) is 3.70. The van der Waals surface area contributed by atoms with Crippen molar-refractivity contribution in [1.29, 1.82) is 0 Å². The maximum absolute atomic E-state index is 10.6. The third-order valence-electron chi connectivity index (χ3n) is 1.83. The van der Waals surface area contributed by atoms with Gasteiger partial charge < -0.3 is 15.3 Å². The molecule has 7 heteroatoms. The molecule has 0 aromatic rings. The van der Waals surface area contributed by atoms with E-state index in [1.165, 1.54) is 9.24 Å². The first-order chi connectivity index (χ1) is 6.40. The Hall–Kier alpha value is -1.16. The largest absolute Gasteiger partial charge is 0.481 e. The van der Waals surface area contributed by atoms with Crippen molar-refractivity contribution in [3.63, 3.8) is 0 Å². The molecule has 0 bridgehead atoms. The van der Waals surface area contributed by atoms with Crippen molar-refractivity contribution in [1.82, 2.24) is 0 Å². The molecule has 0 fully saturated rings. The van der Waals surface area contributed by atoms with Crippen LogP contribution in [0.25, 0.3) is 0 Å². The molecule has 0 saturated heterocycles. The highest BCUT2D eigenvalue weighted by Gasteiger charge is 2.35. The Morgan fingerprint density at radius 2 is 1.43 bits per heavy atom. The minimum Gasteiger partial charge on any atom is -0.481 e. The number of aliphatic carboxylic acids is 3. The van der Waals surface area contributed by atoms with Crippen LogP contribution >= 0.6 is 9.24 Å². The molecular weight excluding hydrogens is 211 g/mol. The summed E-state index contributed by atoms with van der Waals surface area (Å²) in [6.45, 7) is 0. The fraction of sp³-hybridized carbons (Fsp3) is 0.571. The molecular formula is C7H12O6P+. The van der Waals surface area contributed by atoms with Crippen molar-refractivity contribution in [3.05, 3.63) is 0 Å². The van der Waals surface area contributed by atoms with E-state index in [0.717, 1.165) is 0 Å². The van der Waals surface area contributed by atoms with Crippen molar-refractivity contribution in [2.45, 2.75) is 6.42 Å². The molecule has 0 aromatic heterocycles. The van der Waals surface area contributed by atoms with E-state index in [0.29, 0.717) is 0 Å². The molecule has 0 spiro atoms. The molecule has 6 nitrogen and oxygen atoms in total. The summed E-state index contributed by atoms with van der Waals surface area (Å²) in [6, 6.07) is 0. The third-order valence-corrected chi connectivity index (χ3v) is 2.45. The van der Waals surface area contributed by atoms with Crippen molar-refractivity contribution < 1.29 is 29.7 Å². The van der Waals surface area contributed by atoms with Gasteiger partial charge in [-0.3, -0.25) is 14.4 Å². The van der Waals surface area contributed by atoms with Gasteiger partial charge in [0.25, 0.3) is 0 Å². The standard InChI is InChI=1S/C7H11O6P/c8-5(9)1-3(6(10)11)4(2-14)7(12)13/h3-4H,1-2,14H2,(H,8,9)(H,10,11)(H,12,13)/p+1. The number of hydrogen-bond donors (Lipinski definition) is 3. The van der Waals surface area contributed by atoms with E-state index in [2.05, 4.69) is 0 Å². The first-order valence-electron chi connectivity index (χ1n) is 3.86. The van der Waals surface area contributed by atoms with Crippen LogP contribution < -0.4 is 0 Å². The van der Waals surface area contributed by atoms with Gasteiger partial charge in [-0.2, -0.15) is 0 Å². The maximum Gasteiger partial charge on any atom is 0.311 e.